The van der Waals surface area contributed by atoms with Crippen molar-refractivity contribution in [2.24, 2.45) is 16.5 Å². The zero-order valence-electron chi connectivity index (χ0n) is 20.7. The number of urea groups is 1. The van der Waals surface area contributed by atoms with Gasteiger partial charge in [0.15, 0.2) is 5.96 Å². The zero-order valence-corrected chi connectivity index (χ0v) is 22.3. The van der Waals surface area contributed by atoms with Crippen LogP contribution in [-0.4, -0.2) is 21.9 Å². The summed E-state index contributed by atoms with van der Waals surface area (Å²) in [4.78, 5) is 31.8. The first kappa shape index (κ1) is 29.4. The molecule has 0 spiro atoms. The van der Waals surface area contributed by atoms with Crippen LogP contribution in [0.3, 0.4) is 0 Å². The zero-order chi connectivity index (χ0) is 26.6. The number of nitro groups is 1. The number of nitrogens with zero attached hydrogens (tertiary/aromatic N) is 3. The maximum absolute atomic E-state index is 12.4. The van der Waals surface area contributed by atoms with Gasteiger partial charge in [-0.25, -0.2) is 14.8 Å². The molecule has 7 N–H and O–H groups in total. The number of fused-ring (bicyclic) bond motifs is 2. The highest BCUT2D eigenvalue weighted by Gasteiger charge is 2.13. The topological polar surface area (TPSA) is 174 Å². The first-order chi connectivity index (χ1) is 18.4. The minimum absolute atomic E-state index is 0. The number of pyridine rings is 1. The SMILES string of the molecule is Cl.Cl.NC(N)=Nc1ccc(NC(=O)Nc2ccc(Nc3c4ccccc4nc4cc([N+](=O)[O-])ccc34)cc2)cc1. The second-order valence-corrected chi connectivity index (χ2v) is 8.33. The Hall–Kier alpha value is -5.13. The first-order valence-corrected chi connectivity index (χ1v) is 11.5. The molecule has 0 saturated carbocycles. The molecule has 5 aromatic rings. The molecule has 40 heavy (non-hydrogen) atoms. The predicted octanol–water partition coefficient (Wildman–Crippen LogP) is 6.43. The number of carbonyl (C=O) groups is 1. The number of hydrogen-bond donors (Lipinski definition) is 5. The average Bonchev–Trinajstić information content (AvgIpc) is 2.90. The molecule has 1 aromatic heterocycles. The van der Waals surface area contributed by atoms with Gasteiger partial charge in [0, 0.05) is 40.0 Å². The fourth-order valence-corrected chi connectivity index (χ4v) is 3.97. The third kappa shape index (κ3) is 6.65. The van der Waals surface area contributed by atoms with E-state index >= 15 is 0 Å². The van der Waals surface area contributed by atoms with Crippen molar-refractivity contribution in [3.63, 3.8) is 0 Å². The Labute approximate surface area is 240 Å². The lowest BCUT2D eigenvalue weighted by Gasteiger charge is -2.14. The molecule has 0 radical (unpaired) electrons. The van der Waals surface area contributed by atoms with E-state index in [0.717, 1.165) is 22.1 Å². The summed E-state index contributed by atoms with van der Waals surface area (Å²) in [5.41, 5.74) is 15.2. The van der Waals surface area contributed by atoms with Crippen LogP contribution in [0.5, 0.6) is 0 Å². The number of amides is 2. The maximum atomic E-state index is 12.4. The molecular formula is C27H24Cl2N8O3. The Morgan fingerprint density at radius 3 is 1.98 bits per heavy atom. The monoisotopic (exact) mass is 578 g/mol. The highest BCUT2D eigenvalue weighted by molar-refractivity contribution is 6.09. The van der Waals surface area contributed by atoms with E-state index in [1.807, 2.05) is 36.4 Å². The molecule has 0 aliphatic heterocycles. The first-order valence-electron chi connectivity index (χ1n) is 11.5. The summed E-state index contributed by atoms with van der Waals surface area (Å²) in [5.74, 6) is -0.0457. The molecule has 0 aliphatic carbocycles. The average molecular weight is 579 g/mol. The van der Waals surface area contributed by atoms with Gasteiger partial charge < -0.3 is 27.4 Å². The van der Waals surface area contributed by atoms with Crippen LogP contribution in [0.4, 0.5) is 38.9 Å². The van der Waals surface area contributed by atoms with E-state index in [1.54, 1.807) is 42.5 Å². The van der Waals surface area contributed by atoms with Crippen molar-refractivity contribution in [2.45, 2.75) is 0 Å². The fourth-order valence-electron chi connectivity index (χ4n) is 3.97. The number of halogens is 2. The number of carbonyl (C=O) groups excluding carboxylic acids is 1. The Bertz CT molecular complexity index is 1710. The number of non-ortho nitro benzene ring substituents is 1. The van der Waals surface area contributed by atoms with Crippen molar-refractivity contribution in [1.29, 1.82) is 0 Å². The predicted molar refractivity (Wildman–Crippen MR) is 165 cm³/mol. The van der Waals surface area contributed by atoms with E-state index in [4.69, 9.17) is 11.5 Å². The molecule has 0 unspecified atom stereocenters. The molecule has 4 aromatic carbocycles. The smallest absolute Gasteiger partial charge is 0.323 e. The van der Waals surface area contributed by atoms with Crippen molar-refractivity contribution in [3.8, 4) is 0 Å². The summed E-state index contributed by atoms with van der Waals surface area (Å²) in [6, 6.07) is 25.7. The summed E-state index contributed by atoms with van der Waals surface area (Å²) in [6.07, 6.45) is 0. The number of guanidine groups is 1. The van der Waals surface area contributed by atoms with Gasteiger partial charge >= 0.3 is 6.03 Å². The van der Waals surface area contributed by atoms with E-state index in [9.17, 15) is 14.9 Å². The van der Waals surface area contributed by atoms with Crippen LogP contribution >= 0.6 is 24.8 Å². The quantitative estimate of drug-likeness (QED) is 0.0506. The van der Waals surface area contributed by atoms with Crippen molar-refractivity contribution in [2.75, 3.05) is 16.0 Å². The molecule has 2 amide bonds. The van der Waals surface area contributed by atoms with Crippen LogP contribution in [0.25, 0.3) is 21.8 Å². The van der Waals surface area contributed by atoms with E-state index in [0.29, 0.717) is 28.1 Å². The van der Waals surface area contributed by atoms with Gasteiger partial charge in [0.25, 0.3) is 5.69 Å². The Balaban J connectivity index is 0.00000220. The number of rotatable bonds is 6. The second-order valence-electron chi connectivity index (χ2n) is 8.33. The Morgan fingerprint density at radius 2 is 1.35 bits per heavy atom. The van der Waals surface area contributed by atoms with Gasteiger partial charge in [0.1, 0.15) is 0 Å². The van der Waals surface area contributed by atoms with E-state index in [1.165, 1.54) is 12.1 Å². The number of para-hydroxylation sites is 1. The highest BCUT2D eigenvalue weighted by Crippen LogP contribution is 2.34. The van der Waals surface area contributed by atoms with Gasteiger partial charge in [-0.05, 0) is 60.7 Å². The number of nitrogens with two attached hydrogens (primary N) is 2. The molecule has 0 aliphatic rings. The second kappa shape index (κ2) is 12.6. The standard InChI is InChI=1S/C27H22N8O3.2ClH/c28-26(29)31-17-7-11-19(12-8-17)33-27(36)32-18-9-5-16(6-10-18)30-25-21-3-1-2-4-23(21)34-24-15-20(35(37)38)13-14-22(24)25;;/h1-15H,(H,30,34)(H4,28,29,31)(H2,32,33,36);2*1H. The summed E-state index contributed by atoms with van der Waals surface area (Å²) in [5, 5.41) is 21.8. The third-order valence-corrected chi connectivity index (χ3v) is 5.67. The molecule has 0 saturated heterocycles. The van der Waals surface area contributed by atoms with Crippen LogP contribution in [0.15, 0.2) is 96.0 Å². The molecule has 5 rings (SSSR count). The maximum Gasteiger partial charge on any atom is 0.323 e. The molecule has 0 fully saturated rings. The third-order valence-electron chi connectivity index (χ3n) is 5.67. The minimum atomic E-state index is -0.437. The van der Waals surface area contributed by atoms with E-state index < -0.39 is 11.0 Å². The van der Waals surface area contributed by atoms with Gasteiger partial charge in [-0.3, -0.25) is 10.1 Å². The van der Waals surface area contributed by atoms with Crippen LogP contribution in [0.1, 0.15) is 0 Å². The molecule has 13 heteroatoms. The summed E-state index contributed by atoms with van der Waals surface area (Å²) < 4.78 is 0. The number of hydrogen-bond acceptors (Lipinski definition) is 6. The van der Waals surface area contributed by atoms with Gasteiger partial charge in [-0.15, -0.1) is 24.8 Å². The number of anilines is 4. The number of nitro benzene ring substituents is 1. The Morgan fingerprint density at radius 1 is 0.775 bits per heavy atom. The van der Waals surface area contributed by atoms with Gasteiger partial charge in [-0.2, -0.15) is 0 Å². The van der Waals surface area contributed by atoms with Crippen LogP contribution < -0.4 is 27.4 Å². The van der Waals surface area contributed by atoms with Gasteiger partial charge in [0.2, 0.25) is 0 Å². The normalized spacial score (nSPS) is 10.1. The molecule has 11 nitrogen and oxygen atoms in total. The van der Waals surface area contributed by atoms with Crippen LogP contribution in [0, 0.1) is 10.1 Å². The summed E-state index contributed by atoms with van der Waals surface area (Å²) in [6.45, 7) is 0. The van der Waals surface area contributed by atoms with Crippen molar-refractivity contribution in [1.82, 2.24) is 4.98 Å². The number of aromatic nitrogens is 1. The lowest BCUT2D eigenvalue weighted by Crippen LogP contribution is -2.21. The van der Waals surface area contributed by atoms with Crippen molar-refractivity contribution >= 4 is 92.7 Å². The van der Waals surface area contributed by atoms with Gasteiger partial charge in [-0.1, -0.05) is 18.2 Å². The number of benzene rings is 4. The van der Waals surface area contributed by atoms with Gasteiger partial charge in [0.05, 0.1) is 27.3 Å². The molecule has 0 atom stereocenters. The lowest BCUT2D eigenvalue weighted by molar-refractivity contribution is -0.384. The fraction of sp³-hybridized carbons (Fsp3) is 0. The summed E-state index contributed by atoms with van der Waals surface area (Å²) >= 11 is 0. The van der Waals surface area contributed by atoms with Crippen LogP contribution in [-0.2, 0) is 0 Å². The largest absolute Gasteiger partial charge is 0.370 e. The van der Waals surface area contributed by atoms with Crippen molar-refractivity contribution < 1.29 is 9.72 Å². The molecular weight excluding hydrogens is 555 g/mol. The highest BCUT2D eigenvalue weighted by atomic mass is 35.5. The number of nitrogens with one attached hydrogen (secondary N) is 3. The van der Waals surface area contributed by atoms with Crippen molar-refractivity contribution in [3.05, 3.63) is 101 Å². The molecule has 0 bridgehead atoms. The lowest BCUT2D eigenvalue weighted by atomic mass is 10.1. The van der Waals surface area contributed by atoms with Crippen LogP contribution in [0.2, 0.25) is 0 Å². The molecule has 1 heterocycles. The van der Waals surface area contributed by atoms with E-state index in [2.05, 4.69) is 25.9 Å². The molecule has 204 valence electrons. The summed E-state index contributed by atoms with van der Waals surface area (Å²) in [7, 11) is 0. The minimum Gasteiger partial charge on any atom is -0.370 e. The van der Waals surface area contributed by atoms with E-state index in [-0.39, 0.29) is 36.5 Å². The Kier molecular flexibility index (Phi) is 9.28. The number of aliphatic imine (C=N–C) groups is 1.